The van der Waals surface area contributed by atoms with E-state index in [0.29, 0.717) is 5.92 Å². The third-order valence-electron chi connectivity index (χ3n) is 6.10. The molecule has 0 amide bonds. The second kappa shape index (κ2) is 9.46. The third kappa shape index (κ3) is 5.36. The zero-order chi connectivity index (χ0) is 18.4. The van der Waals surface area contributed by atoms with Crippen molar-refractivity contribution < 1.29 is 0 Å². The van der Waals surface area contributed by atoms with Crippen molar-refractivity contribution in [3.63, 3.8) is 0 Å². The first-order valence-electron chi connectivity index (χ1n) is 10.5. The first-order valence-corrected chi connectivity index (χ1v) is 10.5. The van der Waals surface area contributed by atoms with Gasteiger partial charge in [-0.3, -0.25) is 0 Å². The monoisotopic (exact) mass is 341 g/mol. The van der Waals surface area contributed by atoms with E-state index in [4.69, 9.17) is 0 Å². The Balaban J connectivity index is 2.13. The van der Waals surface area contributed by atoms with Crippen molar-refractivity contribution in [3.8, 4) is 0 Å². The Morgan fingerprint density at radius 1 is 1.00 bits per heavy atom. The smallest absolute Gasteiger partial charge is 0.0172 e. The molecule has 0 N–H and O–H groups in total. The molecule has 2 aliphatic rings. The molecule has 0 saturated heterocycles. The average molecular weight is 342 g/mol. The Morgan fingerprint density at radius 2 is 1.68 bits per heavy atom. The third-order valence-corrected chi connectivity index (χ3v) is 6.10. The molecule has 0 aromatic carbocycles. The van der Waals surface area contributed by atoms with Crippen LogP contribution in [0.4, 0.5) is 0 Å². The molecular weight excluding hydrogens is 302 g/mol. The summed E-state index contributed by atoms with van der Waals surface area (Å²) in [7, 11) is 0. The molecule has 25 heavy (non-hydrogen) atoms. The fourth-order valence-electron chi connectivity index (χ4n) is 4.26. The van der Waals surface area contributed by atoms with Crippen LogP contribution in [0.3, 0.4) is 0 Å². The molecule has 2 rings (SSSR count). The van der Waals surface area contributed by atoms with Gasteiger partial charge in [0.1, 0.15) is 0 Å². The number of hydrogen-bond donors (Lipinski definition) is 0. The molecule has 2 unspecified atom stereocenters. The topological polar surface area (TPSA) is 3.24 Å². The van der Waals surface area contributed by atoms with Gasteiger partial charge in [0.2, 0.25) is 0 Å². The summed E-state index contributed by atoms with van der Waals surface area (Å²) in [6.45, 7) is 16.4. The van der Waals surface area contributed by atoms with E-state index < -0.39 is 0 Å². The van der Waals surface area contributed by atoms with Crippen molar-refractivity contribution in [2.24, 2.45) is 11.8 Å². The van der Waals surface area contributed by atoms with Gasteiger partial charge in [-0.2, -0.15) is 0 Å². The lowest BCUT2D eigenvalue weighted by Crippen LogP contribution is -2.26. The van der Waals surface area contributed by atoms with Crippen LogP contribution in [0, 0.1) is 11.8 Å². The molecule has 140 valence electrons. The molecule has 0 aliphatic heterocycles. The van der Waals surface area contributed by atoms with Crippen LogP contribution in [0.5, 0.6) is 0 Å². The molecule has 2 atom stereocenters. The van der Waals surface area contributed by atoms with Gasteiger partial charge in [0.05, 0.1) is 0 Å². The Kier molecular flexibility index (Phi) is 7.59. The number of rotatable bonds is 7. The van der Waals surface area contributed by atoms with E-state index >= 15 is 0 Å². The fraction of sp³-hybridized carbons (Fsp3) is 0.667. The van der Waals surface area contributed by atoms with Crippen molar-refractivity contribution >= 4 is 0 Å². The summed E-state index contributed by atoms with van der Waals surface area (Å²) >= 11 is 0. The summed E-state index contributed by atoms with van der Waals surface area (Å²) in [5, 5.41) is 0. The van der Waals surface area contributed by atoms with Gasteiger partial charge in [-0.05, 0) is 75.4 Å². The van der Waals surface area contributed by atoms with Crippen LogP contribution in [-0.2, 0) is 0 Å². The molecule has 0 heterocycles. The van der Waals surface area contributed by atoms with Crippen molar-refractivity contribution in [1.82, 2.24) is 4.90 Å². The average Bonchev–Trinajstić information content (AvgIpc) is 2.69. The Morgan fingerprint density at radius 3 is 2.28 bits per heavy atom. The van der Waals surface area contributed by atoms with Gasteiger partial charge in [0, 0.05) is 18.8 Å². The lowest BCUT2D eigenvalue weighted by Gasteiger charge is -2.31. The van der Waals surface area contributed by atoms with Crippen LogP contribution in [0.25, 0.3) is 0 Å². The minimum Gasteiger partial charge on any atom is -0.375 e. The molecule has 1 heteroatoms. The maximum Gasteiger partial charge on any atom is 0.0172 e. The van der Waals surface area contributed by atoms with Gasteiger partial charge in [-0.1, -0.05) is 57.1 Å². The minimum atomic E-state index is 0.707. The Hall–Kier alpha value is -1.24. The largest absolute Gasteiger partial charge is 0.375 e. The summed E-state index contributed by atoms with van der Waals surface area (Å²) in [6, 6.07) is 0. The number of hydrogen-bond acceptors (Lipinski definition) is 1. The second-order valence-electron chi connectivity index (χ2n) is 8.27. The van der Waals surface area contributed by atoms with E-state index in [2.05, 4.69) is 64.7 Å². The van der Waals surface area contributed by atoms with E-state index in [1.807, 2.05) is 0 Å². The first-order chi connectivity index (χ1) is 12.0. The quantitative estimate of drug-likeness (QED) is 0.480. The first kappa shape index (κ1) is 20.1. The predicted octanol–water partition coefficient (Wildman–Crippen LogP) is 7.04. The molecule has 0 radical (unpaired) electrons. The zero-order valence-corrected chi connectivity index (χ0v) is 17.5. The van der Waals surface area contributed by atoms with Gasteiger partial charge < -0.3 is 4.90 Å². The van der Waals surface area contributed by atoms with Crippen LogP contribution >= 0.6 is 0 Å². The van der Waals surface area contributed by atoms with E-state index in [1.54, 1.807) is 16.8 Å². The Bertz CT molecular complexity index is 567. The highest BCUT2D eigenvalue weighted by molar-refractivity contribution is 5.37. The molecule has 0 aromatic rings. The summed E-state index contributed by atoms with van der Waals surface area (Å²) in [6.07, 6.45) is 14.7. The number of allylic oxidation sites excluding steroid dienone is 8. The Labute approximate surface area is 156 Å². The van der Waals surface area contributed by atoms with Crippen LogP contribution in [-0.4, -0.2) is 18.0 Å². The highest BCUT2D eigenvalue weighted by Crippen LogP contribution is 2.33. The van der Waals surface area contributed by atoms with Gasteiger partial charge in [0.15, 0.2) is 0 Å². The summed E-state index contributed by atoms with van der Waals surface area (Å²) < 4.78 is 0. The van der Waals surface area contributed by atoms with E-state index in [-0.39, 0.29) is 0 Å². The lowest BCUT2D eigenvalue weighted by molar-refractivity contribution is 0.328. The van der Waals surface area contributed by atoms with Gasteiger partial charge in [0.25, 0.3) is 0 Å². The normalized spacial score (nSPS) is 24.5. The molecule has 1 nitrogen and oxygen atoms in total. The molecule has 0 saturated carbocycles. The molecule has 2 aliphatic carbocycles. The van der Waals surface area contributed by atoms with Crippen LogP contribution < -0.4 is 0 Å². The SMILES string of the molecule is CCCN(CCC)C1=C(C)C=C(CC2=CCC(C)C(C)C(C)=C2)CC1. The zero-order valence-electron chi connectivity index (χ0n) is 17.5. The molecule has 0 aromatic heterocycles. The maximum absolute atomic E-state index is 2.63. The van der Waals surface area contributed by atoms with Gasteiger partial charge in [-0.25, -0.2) is 0 Å². The number of nitrogens with zero attached hydrogens (tertiary/aromatic N) is 1. The van der Waals surface area contributed by atoms with E-state index in [9.17, 15) is 0 Å². The molecule has 0 fully saturated rings. The van der Waals surface area contributed by atoms with Crippen LogP contribution in [0.2, 0.25) is 0 Å². The summed E-state index contributed by atoms with van der Waals surface area (Å²) in [5.41, 5.74) is 7.80. The fourth-order valence-corrected chi connectivity index (χ4v) is 4.26. The summed E-state index contributed by atoms with van der Waals surface area (Å²) in [4.78, 5) is 2.63. The van der Waals surface area contributed by atoms with Crippen molar-refractivity contribution in [2.45, 2.75) is 80.1 Å². The van der Waals surface area contributed by atoms with Crippen molar-refractivity contribution in [3.05, 3.63) is 46.2 Å². The second-order valence-corrected chi connectivity index (χ2v) is 8.27. The van der Waals surface area contributed by atoms with Gasteiger partial charge in [-0.15, -0.1) is 0 Å². The van der Waals surface area contributed by atoms with E-state index in [0.717, 1.165) is 12.3 Å². The highest BCUT2D eigenvalue weighted by Gasteiger charge is 2.19. The van der Waals surface area contributed by atoms with E-state index in [1.165, 1.54) is 56.3 Å². The molecular formula is C24H39N. The van der Waals surface area contributed by atoms with Crippen molar-refractivity contribution in [2.75, 3.05) is 13.1 Å². The minimum absolute atomic E-state index is 0.707. The van der Waals surface area contributed by atoms with Crippen molar-refractivity contribution in [1.29, 1.82) is 0 Å². The predicted molar refractivity (Wildman–Crippen MR) is 112 cm³/mol. The molecule has 0 bridgehead atoms. The van der Waals surface area contributed by atoms with Crippen LogP contribution in [0.1, 0.15) is 80.1 Å². The van der Waals surface area contributed by atoms with Gasteiger partial charge >= 0.3 is 0 Å². The highest BCUT2D eigenvalue weighted by atomic mass is 15.1. The summed E-state index contributed by atoms with van der Waals surface area (Å²) in [5.74, 6) is 1.47. The molecule has 0 spiro atoms. The van der Waals surface area contributed by atoms with Crippen LogP contribution in [0.15, 0.2) is 46.2 Å². The standard InChI is InChI=1S/C24H39N/c1-7-13-25(14-8-2)24-12-11-23(16-20(24)5)17-22-10-9-18(3)21(6)19(4)15-22/h10,15-16,18,21H,7-9,11-14,17H2,1-6H3. The maximum atomic E-state index is 2.63. The lowest BCUT2D eigenvalue weighted by atomic mass is 9.88.